The molecule has 0 fully saturated rings. The molecule has 0 saturated carbocycles. The predicted octanol–water partition coefficient (Wildman–Crippen LogP) is 4.17. The quantitative estimate of drug-likeness (QED) is 0.894. The van der Waals surface area contributed by atoms with Gasteiger partial charge in [0.25, 0.3) is 0 Å². The lowest BCUT2D eigenvalue weighted by Gasteiger charge is -2.10. The SMILES string of the molecule is Cc1ccc(COc2cccc(NC(=O)C(C)C)c2)cc1. The van der Waals surface area contributed by atoms with Crippen LogP contribution in [0, 0.1) is 12.8 Å². The maximum absolute atomic E-state index is 11.7. The van der Waals surface area contributed by atoms with E-state index in [4.69, 9.17) is 4.74 Å². The molecule has 1 N–H and O–H groups in total. The van der Waals surface area contributed by atoms with E-state index < -0.39 is 0 Å². The highest BCUT2D eigenvalue weighted by Gasteiger charge is 2.07. The highest BCUT2D eigenvalue weighted by Crippen LogP contribution is 2.19. The largest absolute Gasteiger partial charge is 0.489 e. The molecule has 0 aromatic heterocycles. The molecule has 21 heavy (non-hydrogen) atoms. The molecule has 2 aromatic carbocycles. The minimum atomic E-state index is -0.0397. The Labute approximate surface area is 126 Å². The van der Waals surface area contributed by atoms with Gasteiger partial charge in [-0.1, -0.05) is 49.7 Å². The summed E-state index contributed by atoms with van der Waals surface area (Å²) in [5.41, 5.74) is 3.12. The highest BCUT2D eigenvalue weighted by atomic mass is 16.5. The van der Waals surface area contributed by atoms with Crippen molar-refractivity contribution in [3.8, 4) is 5.75 Å². The normalized spacial score (nSPS) is 10.5. The van der Waals surface area contributed by atoms with E-state index in [-0.39, 0.29) is 11.8 Å². The van der Waals surface area contributed by atoms with Crippen molar-refractivity contribution in [2.24, 2.45) is 5.92 Å². The summed E-state index contributed by atoms with van der Waals surface area (Å²) in [5, 5.41) is 2.87. The Morgan fingerprint density at radius 3 is 2.52 bits per heavy atom. The number of nitrogens with one attached hydrogen (secondary N) is 1. The average molecular weight is 283 g/mol. The summed E-state index contributed by atoms with van der Waals surface area (Å²) in [6, 6.07) is 15.7. The first kappa shape index (κ1) is 15.1. The van der Waals surface area contributed by atoms with Gasteiger partial charge in [0.05, 0.1) is 0 Å². The molecule has 2 rings (SSSR count). The fourth-order valence-corrected chi connectivity index (χ4v) is 1.80. The molecule has 0 heterocycles. The van der Waals surface area contributed by atoms with Crippen LogP contribution in [0.25, 0.3) is 0 Å². The molecular weight excluding hydrogens is 262 g/mol. The van der Waals surface area contributed by atoms with Crippen molar-refractivity contribution in [2.45, 2.75) is 27.4 Å². The van der Waals surface area contributed by atoms with Gasteiger partial charge < -0.3 is 10.1 Å². The first-order valence-electron chi connectivity index (χ1n) is 7.14. The zero-order valence-corrected chi connectivity index (χ0v) is 12.7. The van der Waals surface area contributed by atoms with E-state index >= 15 is 0 Å². The Balaban J connectivity index is 1.97. The molecule has 0 aliphatic rings. The Bertz CT molecular complexity index is 603. The lowest BCUT2D eigenvalue weighted by molar-refractivity contribution is -0.118. The second-order valence-electron chi connectivity index (χ2n) is 5.45. The molecule has 0 aliphatic carbocycles. The van der Waals surface area contributed by atoms with Crippen molar-refractivity contribution in [2.75, 3.05) is 5.32 Å². The zero-order valence-electron chi connectivity index (χ0n) is 12.7. The van der Waals surface area contributed by atoms with E-state index in [1.807, 2.05) is 38.1 Å². The van der Waals surface area contributed by atoms with Crippen molar-refractivity contribution >= 4 is 11.6 Å². The molecule has 0 unspecified atom stereocenters. The number of hydrogen-bond donors (Lipinski definition) is 1. The van der Waals surface area contributed by atoms with Crippen LogP contribution >= 0.6 is 0 Å². The molecule has 110 valence electrons. The first-order valence-corrected chi connectivity index (χ1v) is 7.14. The molecule has 0 bridgehead atoms. The van der Waals surface area contributed by atoms with E-state index in [0.717, 1.165) is 17.0 Å². The van der Waals surface area contributed by atoms with Gasteiger partial charge >= 0.3 is 0 Å². The van der Waals surface area contributed by atoms with Gasteiger partial charge in [0.15, 0.2) is 0 Å². The Morgan fingerprint density at radius 2 is 1.86 bits per heavy atom. The van der Waals surface area contributed by atoms with Gasteiger partial charge in [0, 0.05) is 17.7 Å². The van der Waals surface area contributed by atoms with E-state index in [1.165, 1.54) is 5.56 Å². The van der Waals surface area contributed by atoms with Crippen LogP contribution in [0.5, 0.6) is 5.75 Å². The van der Waals surface area contributed by atoms with Crippen molar-refractivity contribution in [3.63, 3.8) is 0 Å². The number of benzene rings is 2. The smallest absolute Gasteiger partial charge is 0.226 e. The van der Waals surface area contributed by atoms with Gasteiger partial charge in [-0.05, 0) is 24.6 Å². The third-order valence-corrected chi connectivity index (χ3v) is 3.15. The number of carbonyl (C=O) groups is 1. The van der Waals surface area contributed by atoms with E-state index in [9.17, 15) is 4.79 Å². The first-order chi connectivity index (χ1) is 10.0. The van der Waals surface area contributed by atoms with Gasteiger partial charge in [0.1, 0.15) is 12.4 Å². The number of hydrogen-bond acceptors (Lipinski definition) is 2. The highest BCUT2D eigenvalue weighted by molar-refractivity contribution is 5.92. The molecule has 0 saturated heterocycles. The molecule has 0 radical (unpaired) electrons. The molecule has 1 amide bonds. The lowest BCUT2D eigenvalue weighted by atomic mass is 10.2. The number of amides is 1. The van der Waals surface area contributed by atoms with Crippen molar-refractivity contribution < 1.29 is 9.53 Å². The summed E-state index contributed by atoms with van der Waals surface area (Å²) >= 11 is 0. The number of rotatable bonds is 5. The van der Waals surface area contributed by atoms with Gasteiger partial charge in [-0.2, -0.15) is 0 Å². The van der Waals surface area contributed by atoms with Crippen LogP contribution in [0.15, 0.2) is 48.5 Å². The molecule has 0 spiro atoms. The second-order valence-corrected chi connectivity index (χ2v) is 5.45. The van der Waals surface area contributed by atoms with Gasteiger partial charge in [0.2, 0.25) is 5.91 Å². The topological polar surface area (TPSA) is 38.3 Å². The standard InChI is InChI=1S/C18H21NO2/c1-13(2)18(20)19-16-5-4-6-17(11-16)21-12-15-9-7-14(3)8-10-15/h4-11,13H,12H2,1-3H3,(H,19,20). The molecule has 0 aliphatic heterocycles. The van der Waals surface area contributed by atoms with E-state index in [1.54, 1.807) is 0 Å². The number of carbonyl (C=O) groups excluding carboxylic acids is 1. The maximum atomic E-state index is 11.7. The number of ether oxygens (including phenoxy) is 1. The maximum Gasteiger partial charge on any atom is 0.226 e. The predicted molar refractivity (Wildman–Crippen MR) is 85.4 cm³/mol. The van der Waals surface area contributed by atoms with Crippen molar-refractivity contribution in [1.82, 2.24) is 0 Å². The Morgan fingerprint density at radius 1 is 1.14 bits per heavy atom. The van der Waals surface area contributed by atoms with Crippen LogP contribution in [-0.2, 0) is 11.4 Å². The third kappa shape index (κ3) is 4.63. The number of aryl methyl sites for hydroxylation is 1. The summed E-state index contributed by atoms with van der Waals surface area (Å²) < 4.78 is 5.76. The Hall–Kier alpha value is -2.29. The van der Waals surface area contributed by atoms with Gasteiger partial charge in [-0.15, -0.1) is 0 Å². The van der Waals surface area contributed by atoms with Crippen LogP contribution in [-0.4, -0.2) is 5.91 Å². The van der Waals surface area contributed by atoms with Gasteiger partial charge in [-0.3, -0.25) is 4.79 Å². The molecule has 3 heteroatoms. The molecule has 0 atom stereocenters. The van der Waals surface area contributed by atoms with Crippen LogP contribution < -0.4 is 10.1 Å². The molecular formula is C18H21NO2. The lowest BCUT2D eigenvalue weighted by Crippen LogP contribution is -2.17. The van der Waals surface area contributed by atoms with Crippen LogP contribution in [0.4, 0.5) is 5.69 Å². The summed E-state index contributed by atoms with van der Waals surface area (Å²) in [4.78, 5) is 11.7. The fraction of sp³-hybridized carbons (Fsp3) is 0.278. The number of anilines is 1. The second kappa shape index (κ2) is 6.93. The fourth-order valence-electron chi connectivity index (χ4n) is 1.80. The molecule has 2 aromatic rings. The van der Waals surface area contributed by atoms with Crippen molar-refractivity contribution in [3.05, 3.63) is 59.7 Å². The average Bonchev–Trinajstić information content (AvgIpc) is 2.47. The van der Waals surface area contributed by atoms with Crippen LogP contribution in [0.2, 0.25) is 0 Å². The Kier molecular flexibility index (Phi) is 4.99. The summed E-state index contributed by atoms with van der Waals surface area (Å²) in [7, 11) is 0. The molecule has 3 nitrogen and oxygen atoms in total. The minimum Gasteiger partial charge on any atom is -0.489 e. The van der Waals surface area contributed by atoms with E-state index in [2.05, 4.69) is 36.5 Å². The van der Waals surface area contributed by atoms with E-state index in [0.29, 0.717) is 6.61 Å². The van der Waals surface area contributed by atoms with Gasteiger partial charge in [-0.25, -0.2) is 0 Å². The minimum absolute atomic E-state index is 0.00526. The third-order valence-electron chi connectivity index (χ3n) is 3.15. The van der Waals surface area contributed by atoms with Crippen LogP contribution in [0.1, 0.15) is 25.0 Å². The zero-order chi connectivity index (χ0) is 15.2. The van der Waals surface area contributed by atoms with Crippen molar-refractivity contribution in [1.29, 1.82) is 0 Å². The summed E-state index contributed by atoms with van der Waals surface area (Å²) in [5.74, 6) is 0.713. The summed E-state index contributed by atoms with van der Waals surface area (Å²) in [6.07, 6.45) is 0. The monoisotopic (exact) mass is 283 g/mol. The summed E-state index contributed by atoms with van der Waals surface area (Å²) in [6.45, 7) is 6.31. The van der Waals surface area contributed by atoms with Crippen LogP contribution in [0.3, 0.4) is 0 Å².